The SMILES string of the molecule is N#Cc1cc(F)cc(CC(O)Br)c1F. The molecule has 0 saturated carbocycles. The Morgan fingerprint density at radius 3 is 2.64 bits per heavy atom. The van der Waals surface area contributed by atoms with Crippen LogP contribution in [0.15, 0.2) is 12.1 Å². The van der Waals surface area contributed by atoms with E-state index in [1.165, 1.54) is 6.07 Å². The van der Waals surface area contributed by atoms with Gasteiger partial charge in [0.25, 0.3) is 0 Å². The van der Waals surface area contributed by atoms with Crippen molar-refractivity contribution in [3.63, 3.8) is 0 Å². The third-order valence-corrected chi connectivity index (χ3v) is 1.95. The van der Waals surface area contributed by atoms with Gasteiger partial charge in [0.15, 0.2) is 0 Å². The number of nitrogens with zero attached hydrogens (tertiary/aromatic N) is 1. The van der Waals surface area contributed by atoms with E-state index < -0.39 is 16.6 Å². The molecule has 0 saturated heterocycles. The van der Waals surface area contributed by atoms with Crippen molar-refractivity contribution in [1.82, 2.24) is 0 Å². The lowest BCUT2D eigenvalue weighted by Gasteiger charge is -2.05. The maximum Gasteiger partial charge on any atom is 0.144 e. The highest BCUT2D eigenvalue weighted by molar-refractivity contribution is 9.09. The van der Waals surface area contributed by atoms with Crippen molar-refractivity contribution in [3.05, 3.63) is 34.9 Å². The van der Waals surface area contributed by atoms with Gasteiger partial charge in [0, 0.05) is 6.42 Å². The van der Waals surface area contributed by atoms with Crippen LogP contribution in [0.2, 0.25) is 0 Å². The first kappa shape index (κ1) is 11.1. The number of benzene rings is 1. The van der Waals surface area contributed by atoms with Crippen LogP contribution in [-0.4, -0.2) is 10.1 Å². The minimum absolute atomic E-state index is 0.0223. The highest BCUT2D eigenvalue weighted by Gasteiger charge is 2.12. The largest absolute Gasteiger partial charge is 0.382 e. The van der Waals surface area contributed by atoms with Gasteiger partial charge < -0.3 is 5.11 Å². The molecule has 5 heteroatoms. The molecule has 0 amide bonds. The summed E-state index contributed by atoms with van der Waals surface area (Å²) in [5.41, 5.74) is -0.376. The van der Waals surface area contributed by atoms with Gasteiger partial charge in [0.1, 0.15) is 22.7 Å². The molecule has 0 bridgehead atoms. The summed E-state index contributed by atoms with van der Waals surface area (Å²) in [6.45, 7) is 0. The second-order valence-corrected chi connectivity index (χ2v) is 3.73. The third-order valence-electron chi connectivity index (χ3n) is 1.62. The lowest BCUT2D eigenvalue weighted by Crippen LogP contribution is -2.04. The molecule has 74 valence electrons. The summed E-state index contributed by atoms with van der Waals surface area (Å²) in [6, 6.07) is 3.32. The predicted octanol–water partition coefficient (Wildman–Crippen LogP) is 2.09. The Hall–Kier alpha value is -0.990. The number of alkyl halides is 1. The summed E-state index contributed by atoms with van der Waals surface area (Å²) in [7, 11) is 0. The van der Waals surface area contributed by atoms with Gasteiger partial charge in [-0.3, -0.25) is 0 Å². The van der Waals surface area contributed by atoms with Gasteiger partial charge in [-0.25, -0.2) is 8.78 Å². The molecule has 0 aliphatic carbocycles. The van der Waals surface area contributed by atoms with E-state index in [9.17, 15) is 8.78 Å². The minimum Gasteiger partial charge on any atom is -0.382 e. The van der Waals surface area contributed by atoms with E-state index in [1.54, 1.807) is 0 Å². The monoisotopic (exact) mass is 261 g/mol. The molecule has 1 rings (SSSR count). The smallest absolute Gasteiger partial charge is 0.144 e. The van der Waals surface area contributed by atoms with Crippen LogP contribution >= 0.6 is 15.9 Å². The first-order valence-electron chi connectivity index (χ1n) is 3.74. The summed E-state index contributed by atoms with van der Waals surface area (Å²) in [5, 5.41) is 16.4. The fourth-order valence-electron chi connectivity index (χ4n) is 1.06. The van der Waals surface area contributed by atoms with Crippen LogP contribution in [0, 0.1) is 23.0 Å². The molecule has 1 unspecified atom stereocenters. The van der Waals surface area contributed by atoms with E-state index in [0.29, 0.717) is 0 Å². The zero-order valence-electron chi connectivity index (χ0n) is 6.97. The normalized spacial score (nSPS) is 12.2. The van der Waals surface area contributed by atoms with Crippen molar-refractivity contribution in [2.24, 2.45) is 0 Å². The number of aliphatic hydroxyl groups is 1. The van der Waals surface area contributed by atoms with E-state index in [4.69, 9.17) is 10.4 Å². The molecule has 2 nitrogen and oxygen atoms in total. The van der Waals surface area contributed by atoms with E-state index in [-0.39, 0.29) is 17.5 Å². The summed E-state index contributed by atoms with van der Waals surface area (Å²) < 4.78 is 26.1. The Balaban J connectivity index is 3.17. The van der Waals surface area contributed by atoms with Crippen LogP contribution in [0.4, 0.5) is 8.78 Å². The zero-order chi connectivity index (χ0) is 10.7. The van der Waals surface area contributed by atoms with Gasteiger partial charge >= 0.3 is 0 Å². The first-order chi connectivity index (χ1) is 6.54. The van der Waals surface area contributed by atoms with Crippen molar-refractivity contribution < 1.29 is 13.9 Å². The van der Waals surface area contributed by atoms with Crippen LogP contribution in [0.3, 0.4) is 0 Å². The fourth-order valence-corrected chi connectivity index (χ4v) is 1.41. The van der Waals surface area contributed by atoms with Gasteiger partial charge in [-0.15, -0.1) is 0 Å². The lowest BCUT2D eigenvalue weighted by molar-refractivity contribution is 0.269. The number of halogens is 3. The summed E-state index contributed by atoms with van der Waals surface area (Å²) in [6.07, 6.45) is -0.0850. The molecule has 0 spiro atoms. The highest BCUT2D eigenvalue weighted by Crippen LogP contribution is 2.17. The Kier molecular flexibility index (Phi) is 3.55. The lowest BCUT2D eigenvalue weighted by atomic mass is 10.1. The maximum absolute atomic E-state index is 13.3. The predicted molar refractivity (Wildman–Crippen MR) is 49.7 cm³/mol. The van der Waals surface area contributed by atoms with Gasteiger partial charge in [-0.1, -0.05) is 15.9 Å². The van der Waals surface area contributed by atoms with Crippen LogP contribution < -0.4 is 0 Å². The average Bonchev–Trinajstić information content (AvgIpc) is 2.09. The van der Waals surface area contributed by atoms with E-state index in [1.807, 2.05) is 0 Å². The quantitative estimate of drug-likeness (QED) is 0.829. The standard InChI is InChI=1S/C9H6BrF2NO/c10-8(14)3-5-1-7(11)2-6(4-13)9(5)12/h1-2,8,14H,3H2. The summed E-state index contributed by atoms with van der Waals surface area (Å²) in [4.78, 5) is 0. The summed E-state index contributed by atoms with van der Waals surface area (Å²) in [5.74, 6) is -1.47. The van der Waals surface area contributed by atoms with Crippen molar-refractivity contribution in [2.45, 2.75) is 11.4 Å². The number of aliphatic hydroxyl groups excluding tert-OH is 1. The Morgan fingerprint density at radius 2 is 2.14 bits per heavy atom. The topological polar surface area (TPSA) is 44.0 Å². The van der Waals surface area contributed by atoms with Gasteiger partial charge in [-0.2, -0.15) is 5.26 Å². The van der Waals surface area contributed by atoms with Crippen LogP contribution in [0.1, 0.15) is 11.1 Å². The number of nitriles is 1. The van der Waals surface area contributed by atoms with Gasteiger partial charge in [0.2, 0.25) is 0 Å². The second-order valence-electron chi connectivity index (χ2n) is 2.68. The van der Waals surface area contributed by atoms with E-state index >= 15 is 0 Å². The van der Waals surface area contributed by atoms with Gasteiger partial charge in [-0.05, 0) is 17.7 Å². The van der Waals surface area contributed by atoms with Crippen LogP contribution in [-0.2, 0) is 6.42 Å². The molecule has 1 N–H and O–H groups in total. The minimum atomic E-state index is -0.953. The Labute approximate surface area is 87.9 Å². The van der Waals surface area contributed by atoms with E-state index in [0.717, 1.165) is 12.1 Å². The molecule has 0 aromatic heterocycles. The molecule has 0 heterocycles. The molecule has 0 aliphatic rings. The average molecular weight is 262 g/mol. The van der Waals surface area contributed by atoms with Crippen LogP contribution in [0.5, 0.6) is 0 Å². The molecule has 0 fully saturated rings. The highest BCUT2D eigenvalue weighted by atomic mass is 79.9. The molecule has 0 radical (unpaired) electrons. The molecule has 14 heavy (non-hydrogen) atoms. The van der Waals surface area contributed by atoms with Gasteiger partial charge in [0.05, 0.1) is 5.56 Å². The second kappa shape index (κ2) is 4.49. The maximum atomic E-state index is 13.3. The van der Waals surface area contributed by atoms with Crippen molar-refractivity contribution in [3.8, 4) is 6.07 Å². The Bertz CT molecular complexity index is 387. The molecule has 1 aromatic rings. The molecule has 1 atom stereocenters. The van der Waals surface area contributed by atoms with Crippen molar-refractivity contribution in [1.29, 1.82) is 5.26 Å². The molecular formula is C9H6BrF2NO. The zero-order valence-corrected chi connectivity index (χ0v) is 8.55. The van der Waals surface area contributed by atoms with Crippen LogP contribution in [0.25, 0.3) is 0 Å². The number of rotatable bonds is 2. The summed E-state index contributed by atoms with van der Waals surface area (Å²) >= 11 is 2.80. The number of hydrogen-bond donors (Lipinski definition) is 1. The van der Waals surface area contributed by atoms with E-state index in [2.05, 4.69) is 15.9 Å². The van der Waals surface area contributed by atoms with Crippen molar-refractivity contribution >= 4 is 15.9 Å². The third kappa shape index (κ3) is 2.50. The Morgan fingerprint density at radius 1 is 1.50 bits per heavy atom. The fraction of sp³-hybridized carbons (Fsp3) is 0.222. The molecule has 0 aliphatic heterocycles. The number of hydrogen-bond acceptors (Lipinski definition) is 2. The molecular weight excluding hydrogens is 256 g/mol. The first-order valence-corrected chi connectivity index (χ1v) is 4.66. The molecule has 1 aromatic carbocycles. The van der Waals surface area contributed by atoms with Crippen molar-refractivity contribution in [2.75, 3.05) is 0 Å².